The second-order valence-corrected chi connectivity index (χ2v) is 7.19. The summed E-state index contributed by atoms with van der Waals surface area (Å²) in [7, 11) is 1.81. The molecule has 27 heavy (non-hydrogen) atoms. The quantitative estimate of drug-likeness (QED) is 0.814. The average molecular weight is 371 g/mol. The number of hydrogen-bond acceptors (Lipinski definition) is 5. The Morgan fingerprint density at radius 1 is 1.22 bits per heavy atom. The van der Waals surface area contributed by atoms with Crippen molar-refractivity contribution in [1.29, 1.82) is 0 Å². The normalized spacial score (nSPS) is 23.4. The van der Waals surface area contributed by atoms with Crippen molar-refractivity contribution in [2.75, 3.05) is 24.5 Å². The van der Waals surface area contributed by atoms with Gasteiger partial charge in [-0.15, -0.1) is 0 Å². The highest BCUT2D eigenvalue weighted by Gasteiger charge is 2.32. The summed E-state index contributed by atoms with van der Waals surface area (Å²) in [6.45, 7) is 2.51. The first-order chi connectivity index (χ1) is 13.1. The molecule has 2 aliphatic heterocycles. The molecule has 2 aliphatic rings. The van der Waals surface area contributed by atoms with Gasteiger partial charge in [0, 0.05) is 38.6 Å². The third-order valence-electron chi connectivity index (χ3n) is 5.21. The van der Waals surface area contributed by atoms with Crippen LogP contribution in [0.15, 0.2) is 24.5 Å². The first kappa shape index (κ1) is 17.7. The van der Waals surface area contributed by atoms with Crippen LogP contribution in [0.2, 0.25) is 0 Å². The molecule has 0 radical (unpaired) electrons. The maximum Gasteiger partial charge on any atom is 0.272 e. The molecule has 2 unspecified atom stereocenters. The Morgan fingerprint density at radius 3 is 2.85 bits per heavy atom. The Kier molecular flexibility index (Phi) is 4.93. The van der Waals surface area contributed by atoms with E-state index in [1.54, 1.807) is 21.8 Å². The van der Waals surface area contributed by atoms with Gasteiger partial charge in [-0.25, -0.2) is 0 Å². The average Bonchev–Trinajstić information content (AvgIpc) is 3.33. The van der Waals surface area contributed by atoms with Gasteiger partial charge < -0.3 is 10.6 Å². The summed E-state index contributed by atoms with van der Waals surface area (Å²) in [5.74, 6) is 0.193. The van der Waals surface area contributed by atoms with Crippen molar-refractivity contribution >= 4 is 17.6 Å². The molecule has 2 atom stereocenters. The minimum Gasteiger partial charge on any atom is -0.339 e. The molecule has 9 heteroatoms. The van der Waals surface area contributed by atoms with Crippen LogP contribution in [0.4, 0.5) is 5.82 Å². The van der Waals surface area contributed by atoms with Gasteiger partial charge in [0.2, 0.25) is 0 Å². The number of aryl methyl sites for hydroxylation is 1. The number of piperidine rings is 2. The van der Waals surface area contributed by atoms with E-state index in [1.807, 2.05) is 24.0 Å². The molecular weight excluding hydrogens is 346 g/mol. The minimum absolute atomic E-state index is 0.121. The molecule has 2 saturated heterocycles. The largest absolute Gasteiger partial charge is 0.339 e. The lowest BCUT2D eigenvalue weighted by molar-refractivity contribution is -0.121. The molecular formula is C18H25N7O2. The van der Waals surface area contributed by atoms with Crippen LogP contribution in [0.5, 0.6) is 0 Å². The monoisotopic (exact) mass is 371 g/mol. The lowest BCUT2D eigenvalue weighted by Gasteiger charge is -2.31. The van der Waals surface area contributed by atoms with Crippen LogP contribution < -0.4 is 15.5 Å². The van der Waals surface area contributed by atoms with E-state index in [0.29, 0.717) is 24.5 Å². The van der Waals surface area contributed by atoms with Crippen LogP contribution in [0.3, 0.4) is 0 Å². The molecule has 0 bridgehead atoms. The summed E-state index contributed by atoms with van der Waals surface area (Å²) in [4.78, 5) is 27.0. The van der Waals surface area contributed by atoms with Crippen LogP contribution in [0, 0.1) is 0 Å². The van der Waals surface area contributed by atoms with Crippen molar-refractivity contribution in [3.63, 3.8) is 0 Å². The zero-order chi connectivity index (χ0) is 18.8. The van der Waals surface area contributed by atoms with Gasteiger partial charge in [-0.2, -0.15) is 10.2 Å². The topological polar surface area (TPSA) is 97.1 Å². The van der Waals surface area contributed by atoms with E-state index >= 15 is 0 Å². The van der Waals surface area contributed by atoms with E-state index in [1.165, 1.54) is 0 Å². The molecule has 9 nitrogen and oxygen atoms in total. The number of rotatable bonds is 4. The fraction of sp³-hybridized carbons (Fsp3) is 0.556. The minimum atomic E-state index is -0.547. The lowest BCUT2D eigenvalue weighted by Crippen LogP contribution is -2.52. The Balaban J connectivity index is 1.41. The zero-order valence-corrected chi connectivity index (χ0v) is 15.5. The van der Waals surface area contributed by atoms with Crippen molar-refractivity contribution in [3.05, 3.63) is 30.2 Å². The van der Waals surface area contributed by atoms with E-state index in [2.05, 4.69) is 20.8 Å². The van der Waals surface area contributed by atoms with Gasteiger partial charge in [0.15, 0.2) is 5.82 Å². The van der Waals surface area contributed by atoms with Crippen LogP contribution in [-0.4, -0.2) is 57.1 Å². The summed E-state index contributed by atoms with van der Waals surface area (Å²) in [6.07, 6.45) is 7.24. The van der Waals surface area contributed by atoms with Crippen LogP contribution in [-0.2, 0) is 11.8 Å². The van der Waals surface area contributed by atoms with E-state index in [9.17, 15) is 9.59 Å². The summed E-state index contributed by atoms with van der Waals surface area (Å²) in [5.41, 5.74) is 0.350. The summed E-state index contributed by atoms with van der Waals surface area (Å²) >= 11 is 0. The van der Waals surface area contributed by atoms with Crippen molar-refractivity contribution in [1.82, 2.24) is 30.2 Å². The first-order valence-corrected chi connectivity index (χ1v) is 9.49. The number of nitrogens with one attached hydrogen (secondary N) is 2. The van der Waals surface area contributed by atoms with Gasteiger partial charge in [0.05, 0.1) is 6.04 Å². The third-order valence-corrected chi connectivity index (χ3v) is 5.21. The van der Waals surface area contributed by atoms with Gasteiger partial charge in [-0.3, -0.25) is 23.9 Å². The molecule has 2 amide bonds. The van der Waals surface area contributed by atoms with Gasteiger partial charge in [0.25, 0.3) is 11.8 Å². The van der Waals surface area contributed by atoms with Crippen molar-refractivity contribution < 1.29 is 9.59 Å². The molecule has 4 rings (SSSR count). The van der Waals surface area contributed by atoms with Crippen LogP contribution in [0.1, 0.15) is 42.2 Å². The van der Waals surface area contributed by atoms with Gasteiger partial charge in [0.1, 0.15) is 11.7 Å². The fourth-order valence-corrected chi connectivity index (χ4v) is 3.74. The summed E-state index contributed by atoms with van der Waals surface area (Å²) in [6, 6.07) is 3.25. The number of aromatic nitrogens is 4. The van der Waals surface area contributed by atoms with Crippen LogP contribution >= 0.6 is 0 Å². The Bertz CT molecular complexity index is 821. The Hall–Kier alpha value is -2.68. The van der Waals surface area contributed by atoms with Gasteiger partial charge in [-0.1, -0.05) is 0 Å². The molecule has 2 aromatic rings. The fourth-order valence-electron chi connectivity index (χ4n) is 3.74. The predicted octanol–water partition coefficient (Wildman–Crippen LogP) is 0.467. The summed E-state index contributed by atoms with van der Waals surface area (Å²) < 4.78 is 3.52. The lowest BCUT2D eigenvalue weighted by atomic mass is 10.0. The molecule has 144 valence electrons. The van der Waals surface area contributed by atoms with Crippen molar-refractivity contribution in [2.24, 2.45) is 7.05 Å². The number of amides is 2. The number of nitrogens with zero attached hydrogens (tertiary/aromatic N) is 5. The molecule has 0 saturated carbocycles. The highest BCUT2D eigenvalue weighted by Crippen LogP contribution is 2.20. The summed E-state index contributed by atoms with van der Waals surface area (Å²) in [5, 5.41) is 14.9. The molecule has 2 aromatic heterocycles. The number of anilines is 1. The smallest absolute Gasteiger partial charge is 0.272 e. The SMILES string of the molecule is Cn1ccc(N2CCCC(NC(=O)c3ccn(C4CCCNC4)n3)C2=O)n1. The van der Waals surface area contributed by atoms with E-state index in [0.717, 1.165) is 32.4 Å². The number of carbonyl (C=O) groups excluding carboxylic acids is 2. The molecule has 0 aromatic carbocycles. The molecule has 4 heterocycles. The molecule has 2 fully saturated rings. The zero-order valence-electron chi connectivity index (χ0n) is 15.5. The molecule has 0 aliphatic carbocycles. The van der Waals surface area contributed by atoms with E-state index in [-0.39, 0.29) is 17.9 Å². The first-order valence-electron chi connectivity index (χ1n) is 9.49. The third kappa shape index (κ3) is 3.73. The van der Waals surface area contributed by atoms with Gasteiger partial charge in [-0.05, 0) is 38.3 Å². The second-order valence-electron chi connectivity index (χ2n) is 7.19. The number of carbonyl (C=O) groups is 2. The standard InChI is InChI=1S/C18H25N7O2/c1-23-10-7-16(22-23)24-9-3-5-15(18(24)27)20-17(26)14-6-11-25(21-14)13-4-2-8-19-12-13/h6-7,10-11,13,15,19H,2-5,8-9,12H2,1H3,(H,20,26). The molecule has 2 N–H and O–H groups in total. The number of hydrogen-bond donors (Lipinski definition) is 2. The maximum atomic E-state index is 12.8. The predicted molar refractivity (Wildman–Crippen MR) is 99.4 cm³/mol. The van der Waals surface area contributed by atoms with Crippen molar-refractivity contribution in [2.45, 2.75) is 37.8 Å². The molecule has 0 spiro atoms. The Morgan fingerprint density at radius 2 is 2.11 bits per heavy atom. The van der Waals surface area contributed by atoms with Gasteiger partial charge >= 0.3 is 0 Å². The maximum absolute atomic E-state index is 12.8. The van der Waals surface area contributed by atoms with E-state index in [4.69, 9.17) is 0 Å². The van der Waals surface area contributed by atoms with Crippen LogP contribution in [0.25, 0.3) is 0 Å². The highest BCUT2D eigenvalue weighted by atomic mass is 16.2. The second kappa shape index (κ2) is 7.51. The highest BCUT2D eigenvalue weighted by molar-refractivity contribution is 6.01. The van der Waals surface area contributed by atoms with Crippen molar-refractivity contribution in [3.8, 4) is 0 Å². The van der Waals surface area contributed by atoms with E-state index < -0.39 is 6.04 Å². The Labute approximate surface area is 157 Å².